The number of nitrogens with one attached hydrogen (secondary N) is 1. The first kappa shape index (κ1) is 13.2. The molecule has 3 rings (SSSR count). The maximum absolute atomic E-state index is 12.2. The van der Waals surface area contributed by atoms with Crippen molar-refractivity contribution in [2.45, 2.75) is 13.3 Å². The highest BCUT2D eigenvalue weighted by atomic mass is 16.4. The topological polar surface area (TPSA) is 75.1 Å². The lowest BCUT2D eigenvalue weighted by molar-refractivity contribution is 0.0698. The highest BCUT2D eigenvalue weighted by Gasteiger charge is 2.16. The van der Waals surface area contributed by atoms with E-state index in [2.05, 4.69) is 11.9 Å². The number of aromatic amines is 1. The van der Waals surface area contributed by atoms with Crippen molar-refractivity contribution >= 4 is 17.0 Å². The van der Waals surface area contributed by atoms with Crippen LogP contribution in [0.1, 0.15) is 22.8 Å². The van der Waals surface area contributed by atoms with Crippen LogP contribution in [-0.4, -0.2) is 20.6 Å². The molecule has 0 unspecified atom stereocenters. The van der Waals surface area contributed by atoms with Crippen LogP contribution in [0.4, 0.5) is 0 Å². The van der Waals surface area contributed by atoms with E-state index in [1.54, 1.807) is 12.1 Å². The van der Waals surface area contributed by atoms with Crippen molar-refractivity contribution in [3.8, 4) is 5.69 Å². The molecule has 106 valence electrons. The summed E-state index contributed by atoms with van der Waals surface area (Å²) >= 11 is 0. The molecular weight excluding hydrogens is 268 g/mol. The molecule has 0 fully saturated rings. The summed E-state index contributed by atoms with van der Waals surface area (Å²) in [6.45, 7) is 2.05. The van der Waals surface area contributed by atoms with Crippen molar-refractivity contribution in [3.05, 3.63) is 64.1 Å². The zero-order chi connectivity index (χ0) is 15.0. The lowest BCUT2D eigenvalue weighted by Crippen LogP contribution is -2.15. The van der Waals surface area contributed by atoms with Gasteiger partial charge in [0.1, 0.15) is 0 Å². The van der Waals surface area contributed by atoms with Crippen molar-refractivity contribution in [2.24, 2.45) is 0 Å². The quantitative estimate of drug-likeness (QED) is 0.775. The molecule has 0 amide bonds. The predicted octanol–water partition coefficient (Wildman–Crippen LogP) is 2.58. The molecule has 1 aromatic heterocycles. The Morgan fingerprint density at radius 2 is 1.90 bits per heavy atom. The Bertz CT molecular complexity index is 873. The molecule has 0 bridgehead atoms. The average molecular weight is 282 g/mol. The highest BCUT2D eigenvalue weighted by molar-refractivity contribution is 6.01. The lowest BCUT2D eigenvalue weighted by atomic mass is 10.1. The summed E-state index contributed by atoms with van der Waals surface area (Å²) < 4.78 is 1.40. The van der Waals surface area contributed by atoms with Gasteiger partial charge in [-0.2, -0.15) is 0 Å². The third kappa shape index (κ3) is 2.12. The highest BCUT2D eigenvalue weighted by Crippen LogP contribution is 2.20. The number of para-hydroxylation sites is 1. The summed E-state index contributed by atoms with van der Waals surface area (Å²) in [5, 5.41) is 9.32. The van der Waals surface area contributed by atoms with E-state index in [0.717, 1.165) is 12.0 Å². The van der Waals surface area contributed by atoms with Gasteiger partial charge in [-0.05, 0) is 36.2 Å². The monoisotopic (exact) mass is 282 g/mol. The second-order valence-corrected chi connectivity index (χ2v) is 4.79. The summed E-state index contributed by atoms with van der Waals surface area (Å²) in [5.41, 5.74) is 2.47. The largest absolute Gasteiger partial charge is 0.478 e. The zero-order valence-electron chi connectivity index (χ0n) is 11.5. The fraction of sp³-hybridized carbons (Fsp3) is 0.125. The summed E-state index contributed by atoms with van der Waals surface area (Å²) in [6, 6.07) is 12.3. The van der Waals surface area contributed by atoms with Crippen LogP contribution in [0.15, 0.2) is 47.3 Å². The van der Waals surface area contributed by atoms with Crippen molar-refractivity contribution in [3.63, 3.8) is 0 Å². The molecule has 2 aromatic carbocycles. The number of aromatic nitrogens is 2. The minimum Gasteiger partial charge on any atom is -0.478 e. The summed E-state index contributed by atoms with van der Waals surface area (Å²) in [6.07, 6.45) is 0.906. The van der Waals surface area contributed by atoms with Crippen LogP contribution >= 0.6 is 0 Å². The number of aromatic carboxylic acids is 1. The van der Waals surface area contributed by atoms with Gasteiger partial charge in [-0.3, -0.25) is 4.57 Å². The zero-order valence-corrected chi connectivity index (χ0v) is 11.5. The smallest absolute Gasteiger partial charge is 0.337 e. The molecule has 0 saturated heterocycles. The van der Waals surface area contributed by atoms with Gasteiger partial charge in [0.15, 0.2) is 0 Å². The molecule has 2 N–H and O–H groups in total. The minimum atomic E-state index is -1.06. The second-order valence-electron chi connectivity index (χ2n) is 4.79. The van der Waals surface area contributed by atoms with Crippen LogP contribution in [0, 0.1) is 0 Å². The number of carboxylic acid groups (broad SMARTS) is 1. The number of carbonyl (C=O) groups is 1. The van der Waals surface area contributed by atoms with E-state index in [1.807, 2.05) is 24.3 Å². The number of carboxylic acids is 1. The van der Waals surface area contributed by atoms with Crippen molar-refractivity contribution in [1.82, 2.24) is 9.55 Å². The minimum absolute atomic E-state index is 0.102. The van der Waals surface area contributed by atoms with Gasteiger partial charge in [-0.15, -0.1) is 0 Å². The molecule has 0 aliphatic rings. The van der Waals surface area contributed by atoms with Gasteiger partial charge in [0.2, 0.25) is 0 Å². The number of nitrogens with zero attached hydrogens (tertiary/aromatic N) is 1. The van der Waals surface area contributed by atoms with Gasteiger partial charge >= 0.3 is 11.7 Å². The molecule has 0 atom stereocenters. The van der Waals surface area contributed by atoms with Crippen LogP contribution in [-0.2, 0) is 6.42 Å². The maximum atomic E-state index is 12.2. The summed E-state index contributed by atoms with van der Waals surface area (Å²) in [4.78, 5) is 26.3. The molecule has 3 aromatic rings. The number of hydrogen-bond donors (Lipinski definition) is 2. The number of H-pyrrole nitrogens is 1. The maximum Gasteiger partial charge on any atom is 0.337 e. The third-order valence-corrected chi connectivity index (χ3v) is 3.54. The Hall–Kier alpha value is -2.82. The van der Waals surface area contributed by atoms with Crippen LogP contribution < -0.4 is 5.69 Å². The molecule has 1 heterocycles. The van der Waals surface area contributed by atoms with E-state index < -0.39 is 5.97 Å². The standard InChI is InChI=1S/C16H14N2O3/c1-2-10-6-8-11(9-7-10)18-14-12(15(19)20)4-3-5-13(14)17-16(18)21/h3-9H,2H2,1H3,(H,17,21)(H,19,20). The van der Waals surface area contributed by atoms with E-state index in [9.17, 15) is 14.7 Å². The Balaban J connectivity index is 2.33. The van der Waals surface area contributed by atoms with Gasteiger partial charge in [-0.1, -0.05) is 25.1 Å². The van der Waals surface area contributed by atoms with E-state index in [0.29, 0.717) is 16.7 Å². The number of imidazole rings is 1. The molecular formula is C16H14N2O3. The van der Waals surface area contributed by atoms with Crippen LogP contribution in [0.3, 0.4) is 0 Å². The number of hydrogen-bond acceptors (Lipinski definition) is 2. The fourth-order valence-corrected chi connectivity index (χ4v) is 2.46. The first-order valence-corrected chi connectivity index (χ1v) is 6.68. The Morgan fingerprint density at radius 1 is 1.19 bits per heavy atom. The van der Waals surface area contributed by atoms with Crippen molar-refractivity contribution < 1.29 is 9.90 Å². The molecule has 5 heteroatoms. The Morgan fingerprint density at radius 3 is 2.52 bits per heavy atom. The van der Waals surface area contributed by atoms with Gasteiger partial charge in [0.25, 0.3) is 0 Å². The molecule has 0 radical (unpaired) electrons. The third-order valence-electron chi connectivity index (χ3n) is 3.54. The average Bonchev–Trinajstić information content (AvgIpc) is 2.83. The molecule has 21 heavy (non-hydrogen) atoms. The molecule has 5 nitrogen and oxygen atoms in total. The first-order valence-electron chi connectivity index (χ1n) is 6.68. The molecule has 0 saturated carbocycles. The SMILES string of the molecule is CCc1ccc(-n2c(=O)[nH]c3cccc(C(=O)O)c32)cc1. The molecule has 0 aliphatic carbocycles. The van der Waals surface area contributed by atoms with Gasteiger partial charge < -0.3 is 10.1 Å². The van der Waals surface area contributed by atoms with Crippen LogP contribution in [0.5, 0.6) is 0 Å². The molecule has 0 aliphatic heterocycles. The van der Waals surface area contributed by atoms with Crippen molar-refractivity contribution in [1.29, 1.82) is 0 Å². The van der Waals surface area contributed by atoms with Gasteiger partial charge in [0, 0.05) is 0 Å². The van der Waals surface area contributed by atoms with Crippen LogP contribution in [0.25, 0.3) is 16.7 Å². The lowest BCUT2D eigenvalue weighted by Gasteiger charge is -2.06. The van der Waals surface area contributed by atoms with Gasteiger partial charge in [-0.25, -0.2) is 9.59 Å². The van der Waals surface area contributed by atoms with E-state index in [-0.39, 0.29) is 11.3 Å². The van der Waals surface area contributed by atoms with Crippen molar-refractivity contribution in [2.75, 3.05) is 0 Å². The number of aryl methyl sites for hydroxylation is 1. The Labute approximate surface area is 120 Å². The molecule has 0 spiro atoms. The summed E-state index contributed by atoms with van der Waals surface area (Å²) in [7, 11) is 0. The first-order chi connectivity index (χ1) is 10.1. The number of fused-ring (bicyclic) bond motifs is 1. The number of benzene rings is 2. The predicted molar refractivity (Wildman–Crippen MR) is 80.2 cm³/mol. The van der Waals surface area contributed by atoms with Crippen LogP contribution in [0.2, 0.25) is 0 Å². The summed E-state index contributed by atoms with van der Waals surface area (Å²) in [5.74, 6) is -1.06. The van der Waals surface area contributed by atoms with Gasteiger partial charge in [0.05, 0.1) is 22.3 Å². The normalized spacial score (nSPS) is 10.9. The number of rotatable bonds is 3. The Kier molecular flexibility index (Phi) is 3.10. The fourth-order valence-electron chi connectivity index (χ4n) is 2.46. The van der Waals surface area contributed by atoms with E-state index in [1.165, 1.54) is 10.6 Å². The second kappa shape index (κ2) is 4.94. The van der Waals surface area contributed by atoms with E-state index >= 15 is 0 Å². The van der Waals surface area contributed by atoms with E-state index in [4.69, 9.17) is 0 Å².